The lowest BCUT2D eigenvalue weighted by Crippen LogP contribution is -2.47. The van der Waals surface area contributed by atoms with Gasteiger partial charge in [0.15, 0.2) is 0 Å². The molecule has 140 valence electrons. The van der Waals surface area contributed by atoms with Gasteiger partial charge >= 0.3 is 6.18 Å². The highest BCUT2D eigenvalue weighted by molar-refractivity contribution is 6.00. The van der Waals surface area contributed by atoms with E-state index >= 15 is 0 Å². The van der Waals surface area contributed by atoms with E-state index in [1.54, 1.807) is 37.1 Å². The first kappa shape index (κ1) is 19.4. The number of alkyl halides is 3. The van der Waals surface area contributed by atoms with Crippen LogP contribution in [0, 0.1) is 12.8 Å². The molecule has 1 heterocycles. The molecule has 2 rings (SSSR count). The lowest BCUT2D eigenvalue weighted by molar-refractivity contribution is -0.144. The number of aromatic amines is 1. The molecule has 0 aliphatic rings. The Morgan fingerprint density at radius 1 is 1.23 bits per heavy atom. The van der Waals surface area contributed by atoms with Crippen LogP contribution in [-0.4, -0.2) is 33.0 Å². The van der Waals surface area contributed by atoms with Gasteiger partial charge in [-0.1, -0.05) is 31.5 Å². The molecule has 26 heavy (non-hydrogen) atoms. The molecule has 10 heteroatoms. The molecule has 0 radical (unpaired) electrons. The summed E-state index contributed by atoms with van der Waals surface area (Å²) in [6.07, 6.45) is -4.70. The number of carbonyl (C=O) groups excluding carboxylic acids is 2. The van der Waals surface area contributed by atoms with Crippen molar-refractivity contribution in [3.8, 4) is 0 Å². The van der Waals surface area contributed by atoms with Crippen molar-refractivity contribution in [3.05, 3.63) is 41.2 Å². The zero-order valence-corrected chi connectivity index (χ0v) is 14.3. The number of nitrogens with one attached hydrogen (secondary N) is 3. The van der Waals surface area contributed by atoms with Crippen LogP contribution >= 0.6 is 0 Å². The molecule has 0 fully saturated rings. The lowest BCUT2D eigenvalue weighted by atomic mass is 10.0. The fraction of sp³-hybridized carbons (Fsp3) is 0.375. The standard InChI is InChI=1S/C16H18F3N5O2/c1-8(2)11(20-12(25)10-6-4-5-9(3)7-10)13(26)21-15-22-14(23-24-15)16(17,18)19/h4-8,11H,1-3H3,(H,20,25)(H2,21,22,23,24,26). The van der Waals surface area contributed by atoms with Gasteiger partial charge in [-0.25, -0.2) is 0 Å². The molecule has 3 N–H and O–H groups in total. The van der Waals surface area contributed by atoms with E-state index in [4.69, 9.17) is 0 Å². The summed E-state index contributed by atoms with van der Waals surface area (Å²) < 4.78 is 37.5. The second-order valence-electron chi connectivity index (χ2n) is 6.06. The summed E-state index contributed by atoms with van der Waals surface area (Å²) in [5.41, 5.74) is 1.25. The van der Waals surface area contributed by atoms with Crippen molar-refractivity contribution in [2.45, 2.75) is 33.0 Å². The molecule has 1 aromatic carbocycles. The Labute approximate surface area is 147 Å². The van der Waals surface area contributed by atoms with Gasteiger partial charge in [-0.2, -0.15) is 18.2 Å². The number of carbonyl (C=O) groups is 2. The number of benzene rings is 1. The zero-order valence-electron chi connectivity index (χ0n) is 14.3. The predicted molar refractivity (Wildman–Crippen MR) is 87.3 cm³/mol. The number of aromatic nitrogens is 3. The maximum absolute atomic E-state index is 12.5. The van der Waals surface area contributed by atoms with Crippen molar-refractivity contribution < 1.29 is 22.8 Å². The average Bonchev–Trinajstić information content (AvgIpc) is 3.00. The highest BCUT2D eigenvalue weighted by atomic mass is 19.4. The number of hydrogen-bond donors (Lipinski definition) is 3. The summed E-state index contributed by atoms with van der Waals surface area (Å²) in [5.74, 6) is -3.33. The van der Waals surface area contributed by atoms with E-state index in [-0.39, 0.29) is 5.92 Å². The van der Waals surface area contributed by atoms with Crippen LogP contribution in [0.3, 0.4) is 0 Å². The summed E-state index contributed by atoms with van der Waals surface area (Å²) in [6.45, 7) is 5.21. The Morgan fingerprint density at radius 3 is 2.46 bits per heavy atom. The molecule has 0 aliphatic carbocycles. The number of nitrogens with zero attached hydrogens (tertiary/aromatic N) is 2. The Balaban J connectivity index is 2.10. The van der Waals surface area contributed by atoms with Gasteiger partial charge in [0.2, 0.25) is 17.7 Å². The molecular formula is C16H18F3N5O2. The van der Waals surface area contributed by atoms with Crippen LogP contribution < -0.4 is 10.6 Å². The molecule has 7 nitrogen and oxygen atoms in total. The number of aryl methyl sites for hydroxylation is 1. The van der Waals surface area contributed by atoms with Crippen LogP contribution in [0.15, 0.2) is 24.3 Å². The fourth-order valence-electron chi connectivity index (χ4n) is 2.18. The first-order chi connectivity index (χ1) is 12.1. The number of amides is 2. The molecule has 0 saturated carbocycles. The zero-order chi connectivity index (χ0) is 19.5. The van der Waals surface area contributed by atoms with Crippen LogP contribution in [0.4, 0.5) is 19.1 Å². The molecular weight excluding hydrogens is 351 g/mol. The Morgan fingerprint density at radius 2 is 1.92 bits per heavy atom. The van der Waals surface area contributed by atoms with Crippen molar-refractivity contribution in [3.63, 3.8) is 0 Å². The van der Waals surface area contributed by atoms with Crippen LogP contribution in [0.2, 0.25) is 0 Å². The van der Waals surface area contributed by atoms with E-state index < -0.39 is 35.8 Å². The highest BCUT2D eigenvalue weighted by Gasteiger charge is 2.35. The topological polar surface area (TPSA) is 99.8 Å². The SMILES string of the molecule is Cc1cccc(C(=O)NC(C(=O)Nc2n[nH]c(C(F)(F)F)n2)C(C)C)c1. The minimum Gasteiger partial charge on any atom is -0.340 e. The minimum atomic E-state index is -4.70. The summed E-state index contributed by atoms with van der Waals surface area (Å²) in [7, 11) is 0. The maximum atomic E-state index is 12.5. The Hall–Kier alpha value is -2.91. The second kappa shape index (κ2) is 7.54. The van der Waals surface area contributed by atoms with Crippen LogP contribution in [0.1, 0.15) is 35.6 Å². The van der Waals surface area contributed by atoms with Gasteiger partial charge in [0, 0.05) is 5.56 Å². The van der Waals surface area contributed by atoms with Gasteiger partial charge in [0.25, 0.3) is 5.91 Å². The van der Waals surface area contributed by atoms with Crippen LogP contribution in [0.25, 0.3) is 0 Å². The normalized spacial score (nSPS) is 12.7. The number of rotatable bonds is 5. The molecule has 0 spiro atoms. The van der Waals surface area contributed by atoms with Gasteiger partial charge in [0.05, 0.1) is 0 Å². The van der Waals surface area contributed by atoms with Crippen molar-refractivity contribution >= 4 is 17.8 Å². The number of hydrogen-bond acceptors (Lipinski definition) is 4. The van der Waals surface area contributed by atoms with Crippen molar-refractivity contribution in [2.75, 3.05) is 5.32 Å². The van der Waals surface area contributed by atoms with E-state index in [1.165, 1.54) is 0 Å². The van der Waals surface area contributed by atoms with E-state index in [0.717, 1.165) is 5.56 Å². The van der Waals surface area contributed by atoms with Gasteiger partial charge in [-0.15, -0.1) is 5.10 Å². The van der Waals surface area contributed by atoms with E-state index in [9.17, 15) is 22.8 Å². The van der Waals surface area contributed by atoms with Crippen LogP contribution in [-0.2, 0) is 11.0 Å². The summed E-state index contributed by atoms with van der Waals surface area (Å²) in [4.78, 5) is 27.8. The molecule has 0 bridgehead atoms. The molecule has 1 aromatic heterocycles. The smallest absolute Gasteiger partial charge is 0.340 e. The van der Waals surface area contributed by atoms with Crippen molar-refractivity contribution in [2.24, 2.45) is 5.92 Å². The minimum absolute atomic E-state index is 0.315. The van der Waals surface area contributed by atoms with E-state index in [0.29, 0.717) is 5.56 Å². The third-order valence-corrected chi connectivity index (χ3v) is 3.50. The quantitative estimate of drug-likeness (QED) is 0.754. The fourth-order valence-corrected chi connectivity index (χ4v) is 2.18. The third kappa shape index (κ3) is 4.80. The predicted octanol–water partition coefficient (Wildman–Crippen LogP) is 2.53. The third-order valence-electron chi connectivity index (χ3n) is 3.50. The largest absolute Gasteiger partial charge is 0.451 e. The molecule has 2 aromatic rings. The van der Waals surface area contributed by atoms with Crippen LogP contribution in [0.5, 0.6) is 0 Å². The first-order valence-corrected chi connectivity index (χ1v) is 7.76. The first-order valence-electron chi connectivity index (χ1n) is 7.76. The number of anilines is 1. The number of H-pyrrole nitrogens is 1. The molecule has 0 saturated heterocycles. The average molecular weight is 369 g/mol. The summed E-state index contributed by atoms with van der Waals surface area (Å²) in [5, 5.41) is 9.77. The summed E-state index contributed by atoms with van der Waals surface area (Å²) in [6, 6.07) is 5.82. The van der Waals surface area contributed by atoms with Crippen molar-refractivity contribution in [1.29, 1.82) is 0 Å². The number of halogens is 3. The Bertz CT molecular complexity index is 801. The molecule has 0 aliphatic heterocycles. The second-order valence-corrected chi connectivity index (χ2v) is 6.06. The lowest BCUT2D eigenvalue weighted by Gasteiger charge is -2.21. The molecule has 1 atom stereocenters. The van der Waals surface area contributed by atoms with Crippen molar-refractivity contribution in [1.82, 2.24) is 20.5 Å². The molecule has 1 unspecified atom stereocenters. The van der Waals surface area contributed by atoms with E-state index in [1.807, 2.05) is 13.0 Å². The maximum Gasteiger partial charge on any atom is 0.451 e. The summed E-state index contributed by atoms with van der Waals surface area (Å²) >= 11 is 0. The van der Waals surface area contributed by atoms with E-state index in [2.05, 4.69) is 20.7 Å². The van der Waals surface area contributed by atoms with Gasteiger partial charge in [-0.05, 0) is 25.0 Å². The monoisotopic (exact) mass is 369 g/mol. The van der Waals surface area contributed by atoms with Gasteiger partial charge < -0.3 is 5.32 Å². The van der Waals surface area contributed by atoms with Gasteiger partial charge in [-0.3, -0.25) is 20.0 Å². The Kier molecular flexibility index (Phi) is 5.63. The highest BCUT2D eigenvalue weighted by Crippen LogP contribution is 2.26. The van der Waals surface area contributed by atoms with Gasteiger partial charge in [0.1, 0.15) is 6.04 Å². The molecule has 2 amide bonds.